The molecule has 1 atom stereocenters. The molecule has 1 aliphatic rings. The van der Waals surface area contributed by atoms with Gasteiger partial charge in [0.25, 0.3) is 0 Å². The minimum absolute atomic E-state index is 0.148. The van der Waals surface area contributed by atoms with Gasteiger partial charge in [-0.2, -0.15) is 4.98 Å². The minimum atomic E-state index is -1.35. The predicted octanol–water partition coefficient (Wildman–Crippen LogP) is 6.47. The molecule has 11 nitrogen and oxygen atoms in total. The molecule has 5 rings (SSSR count). The molecule has 1 aromatic heterocycles. The smallest absolute Gasteiger partial charge is 0.437 e. The maximum atomic E-state index is 12.4. The van der Waals surface area contributed by atoms with Crippen molar-refractivity contribution in [1.82, 2.24) is 20.4 Å². The highest BCUT2D eigenvalue weighted by Gasteiger charge is 2.35. The van der Waals surface area contributed by atoms with Crippen molar-refractivity contribution in [2.45, 2.75) is 58.8 Å². The van der Waals surface area contributed by atoms with Crippen LogP contribution in [0, 0.1) is 6.92 Å². The first-order valence-electron chi connectivity index (χ1n) is 13.7. The zero-order chi connectivity index (χ0) is 29.9. The van der Waals surface area contributed by atoms with Gasteiger partial charge < -0.3 is 24.0 Å². The van der Waals surface area contributed by atoms with Crippen molar-refractivity contribution in [2.75, 3.05) is 6.54 Å². The number of guanidine groups is 1. The largest absolute Gasteiger partial charge is 0.489 e. The summed E-state index contributed by atoms with van der Waals surface area (Å²) in [6.45, 7) is 8.09. The third-order valence-corrected chi connectivity index (χ3v) is 6.66. The van der Waals surface area contributed by atoms with Gasteiger partial charge in [0.1, 0.15) is 24.0 Å². The van der Waals surface area contributed by atoms with Gasteiger partial charge in [0.15, 0.2) is 0 Å². The molecule has 0 spiro atoms. The van der Waals surface area contributed by atoms with Crippen LogP contribution in [0.15, 0.2) is 70.2 Å². The molecular formula is C31H33N5O6. The fraction of sp³-hybridized carbons (Fsp3) is 0.323. The number of carbonyl (C=O) groups excluding carboxylic acids is 1. The number of likely N-dealkylation sites (tertiary alicyclic amines) is 1. The summed E-state index contributed by atoms with van der Waals surface area (Å²) in [6.07, 6.45) is -0.933. The van der Waals surface area contributed by atoms with Crippen LogP contribution < -0.4 is 10.1 Å². The molecule has 0 saturated carbocycles. The summed E-state index contributed by atoms with van der Waals surface area (Å²) in [7, 11) is 0. The van der Waals surface area contributed by atoms with E-state index in [-0.39, 0.29) is 5.96 Å². The van der Waals surface area contributed by atoms with Crippen molar-refractivity contribution < 1.29 is 28.7 Å². The van der Waals surface area contributed by atoms with Crippen LogP contribution in [0.25, 0.3) is 22.2 Å². The van der Waals surface area contributed by atoms with Crippen LogP contribution in [-0.4, -0.2) is 50.4 Å². The number of hydrogen-bond acceptors (Lipinski definition) is 7. The third kappa shape index (κ3) is 7.03. The lowest BCUT2D eigenvalue weighted by Gasteiger charge is -2.25. The van der Waals surface area contributed by atoms with E-state index in [2.05, 4.69) is 51.6 Å². The first-order valence-corrected chi connectivity index (χ1v) is 13.7. The number of rotatable bonds is 5. The van der Waals surface area contributed by atoms with Crippen LogP contribution in [0.1, 0.15) is 56.7 Å². The lowest BCUT2D eigenvalue weighted by atomic mass is 10.1. The van der Waals surface area contributed by atoms with E-state index in [0.29, 0.717) is 37.7 Å². The second kappa shape index (κ2) is 11.9. The van der Waals surface area contributed by atoms with E-state index in [1.54, 1.807) is 25.7 Å². The second-order valence-electron chi connectivity index (χ2n) is 11.2. The van der Waals surface area contributed by atoms with Crippen molar-refractivity contribution >= 4 is 28.9 Å². The lowest BCUT2D eigenvalue weighted by molar-refractivity contribution is 0.0600. The van der Waals surface area contributed by atoms with Gasteiger partial charge in [-0.25, -0.2) is 9.59 Å². The fourth-order valence-corrected chi connectivity index (χ4v) is 4.70. The van der Waals surface area contributed by atoms with Crippen LogP contribution >= 0.6 is 0 Å². The first kappa shape index (κ1) is 28.6. The van der Waals surface area contributed by atoms with E-state index in [0.717, 1.165) is 27.6 Å². The number of ether oxygens (including phenoxy) is 2. The molecule has 3 aromatic carbocycles. The van der Waals surface area contributed by atoms with E-state index in [9.17, 15) is 14.7 Å². The number of carboxylic acid groups (broad SMARTS) is 1. The van der Waals surface area contributed by atoms with Crippen LogP contribution in [0.4, 0.5) is 9.59 Å². The summed E-state index contributed by atoms with van der Waals surface area (Å²) in [5.41, 5.74) is 2.30. The highest BCUT2D eigenvalue weighted by molar-refractivity contribution is 5.98. The SMILES string of the molecule is Cc1ccc(COc2ccc3cc(-c4noc([C@@H]5CCCN5C(=NC(=O)OC(C)(C)C)NC(=O)O)n4)ccc3c2)cc1. The molecular weight excluding hydrogens is 538 g/mol. The van der Waals surface area contributed by atoms with Gasteiger partial charge in [-0.05, 0) is 75.1 Å². The molecule has 4 aromatic rings. The highest BCUT2D eigenvalue weighted by Crippen LogP contribution is 2.33. The Bertz CT molecular complexity index is 1620. The van der Waals surface area contributed by atoms with Crippen molar-refractivity contribution in [3.63, 3.8) is 0 Å². The number of nitrogens with one attached hydrogen (secondary N) is 1. The third-order valence-electron chi connectivity index (χ3n) is 6.66. The Morgan fingerprint density at radius 3 is 2.57 bits per heavy atom. The Labute approximate surface area is 243 Å². The zero-order valence-corrected chi connectivity index (χ0v) is 24.0. The maximum Gasteiger partial charge on any atom is 0.437 e. The predicted molar refractivity (Wildman–Crippen MR) is 156 cm³/mol. The number of carbonyl (C=O) groups is 2. The van der Waals surface area contributed by atoms with Gasteiger partial charge >= 0.3 is 12.2 Å². The van der Waals surface area contributed by atoms with Gasteiger partial charge in [0.2, 0.25) is 17.7 Å². The Morgan fingerprint density at radius 1 is 1.10 bits per heavy atom. The monoisotopic (exact) mass is 571 g/mol. The first-order chi connectivity index (χ1) is 20.0. The Kier molecular flexibility index (Phi) is 8.10. The number of aryl methyl sites for hydroxylation is 1. The highest BCUT2D eigenvalue weighted by atomic mass is 16.6. The van der Waals surface area contributed by atoms with Gasteiger partial charge in [-0.3, -0.25) is 5.32 Å². The fourth-order valence-electron chi connectivity index (χ4n) is 4.70. The zero-order valence-electron chi connectivity index (χ0n) is 24.0. The summed E-state index contributed by atoms with van der Waals surface area (Å²) in [4.78, 5) is 34.0. The number of hydrogen-bond donors (Lipinski definition) is 2. The number of aromatic nitrogens is 2. The molecule has 1 fully saturated rings. The summed E-state index contributed by atoms with van der Waals surface area (Å²) in [6, 6.07) is 19.6. The molecule has 0 radical (unpaired) electrons. The van der Waals surface area contributed by atoms with Crippen LogP contribution in [0.5, 0.6) is 5.75 Å². The number of aliphatic imine (C=N–C) groups is 1. The molecule has 2 amide bonds. The molecule has 218 valence electrons. The summed E-state index contributed by atoms with van der Waals surface area (Å²) < 4.78 is 16.9. The van der Waals surface area contributed by atoms with Crippen molar-refractivity contribution in [3.8, 4) is 17.1 Å². The van der Waals surface area contributed by atoms with E-state index < -0.39 is 23.8 Å². The molecule has 2 N–H and O–H groups in total. The van der Waals surface area contributed by atoms with E-state index in [1.807, 2.05) is 36.4 Å². The van der Waals surface area contributed by atoms with E-state index in [4.69, 9.17) is 14.0 Å². The normalized spacial score (nSPS) is 15.6. The molecule has 11 heteroatoms. The number of nitrogens with zero attached hydrogens (tertiary/aromatic N) is 4. The van der Waals surface area contributed by atoms with E-state index in [1.165, 1.54) is 5.56 Å². The summed E-state index contributed by atoms with van der Waals surface area (Å²) in [5, 5.41) is 17.8. The average Bonchev–Trinajstić information content (AvgIpc) is 3.61. The summed E-state index contributed by atoms with van der Waals surface area (Å²) >= 11 is 0. The molecule has 2 heterocycles. The second-order valence-corrected chi connectivity index (χ2v) is 11.2. The van der Waals surface area contributed by atoms with Gasteiger partial charge in [0, 0.05) is 12.1 Å². The maximum absolute atomic E-state index is 12.4. The number of fused-ring (bicyclic) bond motifs is 1. The van der Waals surface area contributed by atoms with E-state index >= 15 is 0 Å². The topological polar surface area (TPSA) is 139 Å². The Hall–Kier alpha value is -4.93. The lowest BCUT2D eigenvalue weighted by Crippen LogP contribution is -2.44. The standard InChI is InChI=1S/C31H33N5O6/c1-19-7-9-20(10-8-19)18-40-24-14-13-21-16-23(12-11-22(21)17-24)26-32-27(42-35-26)25-6-5-15-36(25)28(33-29(37)38)34-30(39)41-31(2,3)4/h7-14,16-17,25H,5-6,15,18H2,1-4H3,(H,37,38)(H,33,34,39)/t25-/m0/s1. The molecule has 1 saturated heterocycles. The average molecular weight is 572 g/mol. The Morgan fingerprint density at radius 2 is 1.83 bits per heavy atom. The molecule has 1 aliphatic heterocycles. The van der Waals surface area contributed by atoms with Crippen molar-refractivity contribution in [1.29, 1.82) is 0 Å². The summed E-state index contributed by atoms with van der Waals surface area (Å²) in [5.74, 6) is 1.32. The van der Waals surface area contributed by atoms with Gasteiger partial charge in [0.05, 0.1) is 0 Å². The van der Waals surface area contributed by atoms with Crippen LogP contribution in [0.3, 0.4) is 0 Å². The number of amides is 2. The molecule has 42 heavy (non-hydrogen) atoms. The van der Waals surface area contributed by atoms with Crippen molar-refractivity contribution in [3.05, 3.63) is 77.7 Å². The van der Waals surface area contributed by atoms with Gasteiger partial charge in [-0.1, -0.05) is 53.2 Å². The van der Waals surface area contributed by atoms with Gasteiger partial charge in [-0.15, -0.1) is 4.99 Å². The Balaban J connectivity index is 1.32. The van der Waals surface area contributed by atoms with Crippen LogP contribution in [-0.2, 0) is 11.3 Å². The quantitative estimate of drug-likeness (QED) is 0.204. The van der Waals surface area contributed by atoms with Crippen molar-refractivity contribution in [2.24, 2.45) is 4.99 Å². The number of benzene rings is 3. The van der Waals surface area contributed by atoms with Crippen LogP contribution in [0.2, 0.25) is 0 Å². The molecule has 0 aliphatic carbocycles. The minimum Gasteiger partial charge on any atom is -0.489 e. The molecule has 0 bridgehead atoms. The molecule has 0 unspecified atom stereocenters.